The van der Waals surface area contributed by atoms with Crippen molar-refractivity contribution in [3.8, 4) is 5.75 Å². The molecule has 0 fully saturated rings. The third-order valence-corrected chi connectivity index (χ3v) is 4.46. The quantitative estimate of drug-likeness (QED) is 0.877. The van der Waals surface area contributed by atoms with Crippen LogP contribution in [0, 0.1) is 5.82 Å². The highest BCUT2D eigenvalue weighted by molar-refractivity contribution is 9.10. The number of benzene rings is 2. The predicted octanol–water partition coefficient (Wildman–Crippen LogP) is 4.70. The van der Waals surface area contributed by atoms with Crippen molar-refractivity contribution in [2.75, 3.05) is 12.4 Å². The molecule has 1 unspecified atom stereocenters. The highest BCUT2D eigenvalue weighted by Crippen LogP contribution is 2.38. The first kappa shape index (κ1) is 13.4. The largest absolute Gasteiger partial charge is 0.497 e. The highest BCUT2D eigenvalue weighted by Gasteiger charge is 2.24. The lowest BCUT2D eigenvalue weighted by Crippen LogP contribution is -2.08. The van der Waals surface area contributed by atoms with Crippen LogP contribution in [0.3, 0.4) is 0 Å². The van der Waals surface area contributed by atoms with Crippen LogP contribution in [0.1, 0.15) is 23.6 Å². The maximum absolute atomic E-state index is 13.9. The van der Waals surface area contributed by atoms with E-state index in [1.165, 1.54) is 17.2 Å². The summed E-state index contributed by atoms with van der Waals surface area (Å²) in [6.45, 7) is 0. The van der Waals surface area contributed by atoms with Gasteiger partial charge in [-0.15, -0.1) is 0 Å². The molecule has 1 N–H and O–H groups in total. The van der Waals surface area contributed by atoms with Crippen LogP contribution in [0.5, 0.6) is 5.75 Å². The number of nitrogens with one attached hydrogen (secondary N) is 1. The van der Waals surface area contributed by atoms with Gasteiger partial charge in [0.25, 0.3) is 0 Å². The van der Waals surface area contributed by atoms with Gasteiger partial charge >= 0.3 is 0 Å². The van der Waals surface area contributed by atoms with Crippen LogP contribution in [0.25, 0.3) is 0 Å². The van der Waals surface area contributed by atoms with Crippen LogP contribution >= 0.6 is 15.9 Å². The predicted molar refractivity (Wildman–Crippen MR) is 81.8 cm³/mol. The van der Waals surface area contributed by atoms with Gasteiger partial charge in [0.1, 0.15) is 11.6 Å². The van der Waals surface area contributed by atoms with Crippen molar-refractivity contribution in [1.82, 2.24) is 0 Å². The summed E-state index contributed by atoms with van der Waals surface area (Å²) < 4.78 is 20.2. The molecular weight excluding hydrogens is 321 g/mol. The second-order valence-corrected chi connectivity index (χ2v) is 5.74. The molecule has 0 spiro atoms. The van der Waals surface area contributed by atoms with E-state index in [0.717, 1.165) is 17.3 Å². The monoisotopic (exact) mass is 335 g/mol. The van der Waals surface area contributed by atoms with E-state index in [2.05, 4.69) is 27.3 Å². The Morgan fingerprint density at radius 3 is 2.95 bits per heavy atom. The molecule has 0 amide bonds. The Bertz CT molecular complexity index is 644. The molecule has 1 atom stereocenters. The van der Waals surface area contributed by atoms with E-state index in [9.17, 15) is 4.39 Å². The highest BCUT2D eigenvalue weighted by atomic mass is 79.9. The van der Waals surface area contributed by atoms with Crippen LogP contribution in [-0.2, 0) is 6.42 Å². The summed E-state index contributed by atoms with van der Waals surface area (Å²) in [5, 5.41) is 3.29. The van der Waals surface area contributed by atoms with Gasteiger partial charge in [-0.2, -0.15) is 0 Å². The number of anilines is 1. The van der Waals surface area contributed by atoms with Gasteiger partial charge in [-0.25, -0.2) is 4.39 Å². The van der Waals surface area contributed by atoms with E-state index in [1.807, 2.05) is 12.1 Å². The summed E-state index contributed by atoms with van der Waals surface area (Å²) in [6.07, 6.45) is 1.97. The maximum atomic E-state index is 13.9. The molecule has 4 heteroatoms. The second-order valence-electron chi connectivity index (χ2n) is 4.89. The number of methoxy groups -OCH3 is 1. The van der Waals surface area contributed by atoms with Crippen molar-refractivity contribution in [3.05, 3.63) is 57.8 Å². The minimum absolute atomic E-state index is 0.143. The van der Waals surface area contributed by atoms with Crippen molar-refractivity contribution in [2.24, 2.45) is 0 Å². The van der Waals surface area contributed by atoms with Gasteiger partial charge in [0.05, 0.1) is 18.8 Å². The second kappa shape index (κ2) is 5.44. The summed E-state index contributed by atoms with van der Waals surface area (Å²) in [5.74, 6) is 0.399. The van der Waals surface area contributed by atoms with Gasteiger partial charge in [-0.3, -0.25) is 0 Å². The molecule has 0 saturated carbocycles. The summed E-state index contributed by atoms with van der Waals surface area (Å²) in [5.41, 5.74) is 3.04. The molecule has 0 saturated heterocycles. The molecule has 0 aliphatic heterocycles. The zero-order chi connectivity index (χ0) is 14.1. The summed E-state index contributed by atoms with van der Waals surface area (Å²) >= 11 is 3.58. The van der Waals surface area contributed by atoms with E-state index >= 15 is 0 Å². The summed E-state index contributed by atoms with van der Waals surface area (Å²) in [6, 6.07) is 11.1. The smallest absolute Gasteiger partial charge is 0.146 e. The molecule has 2 nitrogen and oxygen atoms in total. The van der Waals surface area contributed by atoms with Gasteiger partial charge in [-0.1, -0.05) is 28.1 Å². The van der Waals surface area contributed by atoms with Gasteiger partial charge < -0.3 is 10.1 Å². The molecule has 1 aliphatic carbocycles. The zero-order valence-electron chi connectivity index (χ0n) is 11.1. The molecule has 0 radical (unpaired) electrons. The summed E-state index contributed by atoms with van der Waals surface area (Å²) in [4.78, 5) is 0. The Balaban J connectivity index is 1.89. The number of rotatable bonds is 3. The molecule has 3 rings (SSSR count). The minimum Gasteiger partial charge on any atom is -0.497 e. The van der Waals surface area contributed by atoms with Gasteiger partial charge in [-0.05, 0) is 42.2 Å². The van der Waals surface area contributed by atoms with Crippen molar-refractivity contribution >= 4 is 21.6 Å². The number of fused-ring (bicyclic) bond motifs is 1. The molecule has 0 heterocycles. The van der Waals surface area contributed by atoms with E-state index in [-0.39, 0.29) is 11.9 Å². The van der Waals surface area contributed by atoms with Gasteiger partial charge in [0.15, 0.2) is 0 Å². The fraction of sp³-hybridized carbons (Fsp3) is 0.250. The van der Waals surface area contributed by atoms with Crippen LogP contribution in [0.15, 0.2) is 40.9 Å². The molecule has 0 aromatic heterocycles. The minimum atomic E-state index is -0.255. The fourth-order valence-electron chi connectivity index (χ4n) is 2.69. The topological polar surface area (TPSA) is 21.3 Å². The molecule has 2 aromatic carbocycles. The lowest BCUT2D eigenvalue weighted by molar-refractivity contribution is 0.414. The molecular formula is C16H15BrFNO. The number of hydrogen-bond donors (Lipinski definition) is 1. The number of ether oxygens (including phenoxy) is 1. The fourth-order valence-corrected chi connectivity index (χ4v) is 3.27. The first-order valence-electron chi connectivity index (χ1n) is 6.56. The molecule has 2 aromatic rings. The van der Waals surface area contributed by atoms with E-state index in [4.69, 9.17) is 4.74 Å². The van der Waals surface area contributed by atoms with E-state index in [1.54, 1.807) is 19.2 Å². The first-order chi connectivity index (χ1) is 9.69. The Morgan fingerprint density at radius 1 is 1.30 bits per heavy atom. The Labute approximate surface area is 126 Å². The summed E-state index contributed by atoms with van der Waals surface area (Å²) in [7, 11) is 1.58. The molecule has 1 aliphatic rings. The third kappa shape index (κ3) is 2.40. The van der Waals surface area contributed by atoms with Crippen molar-refractivity contribution in [2.45, 2.75) is 18.9 Å². The van der Waals surface area contributed by atoms with E-state index < -0.39 is 0 Å². The Hall–Kier alpha value is -1.55. The SMILES string of the molecule is COc1ccc(F)c(NC2CCc3c(Br)cccc32)c1. The Kier molecular flexibility index (Phi) is 3.66. The lowest BCUT2D eigenvalue weighted by Gasteiger charge is -2.17. The van der Waals surface area contributed by atoms with Crippen LogP contribution < -0.4 is 10.1 Å². The molecule has 104 valence electrons. The average molecular weight is 336 g/mol. The Morgan fingerprint density at radius 2 is 2.15 bits per heavy atom. The first-order valence-corrected chi connectivity index (χ1v) is 7.35. The maximum Gasteiger partial charge on any atom is 0.146 e. The van der Waals surface area contributed by atoms with Crippen molar-refractivity contribution in [3.63, 3.8) is 0 Å². The van der Waals surface area contributed by atoms with Crippen LogP contribution in [0.4, 0.5) is 10.1 Å². The normalized spacial score (nSPS) is 16.9. The third-order valence-electron chi connectivity index (χ3n) is 3.72. The average Bonchev–Trinajstić information content (AvgIpc) is 2.86. The zero-order valence-corrected chi connectivity index (χ0v) is 12.7. The van der Waals surface area contributed by atoms with Gasteiger partial charge in [0, 0.05) is 10.5 Å². The standard InChI is InChI=1S/C16H15BrFNO/c1-20-10-5-7-14(18)16(9-10)19-15-8-6-11-12(15)3-2-4-13(11)17/h2-5,7,9,15,19H,6,8H2,1H3. The van der Waals surface area contributed by atoms with Gasteiger partial charge in [0.2, 0.25) is 0 Å². The van der Waals surface area contributed by atoms with E-state index in [0.29, 0.717) is 11.4 Å². The van der Waals surface area contributed by atoms with Crippen molar-refractivity contribution < 1.29 is 9.13 Å². The number of hydrogen-bond acceptors (Lipinski definition) is 2. The molecule has 20 heavy (non-hydrogen) atoms. The van der Waals surface area contributed by atoms with Crippen LogP contribution in [0.2, 0.25) is 0 Å². The molecule has 0 bridgehead atoms. The van der Waals surface area contributed by atoms with Crippen molar-refractivity contribution in [1.29, 1.82) is 0 Å². The van der Waals surface area contributed by atoms with Crippen LogP contribution in [-0.4, -0.2) is 7.11 Å². The number of halogens is 2. The lowest BCUT2D eigenvalue weighted by atomic mass is 10.1.